The largest absolute Gasteiger partial charge is 0.459 e. The van der Waals surface area contributed by atoms with E-state index in [1.807, 2.05) is 0 Å². The van der Waals surface area contributed by atoms with Crippen molar-refractivity contribution >= 4 is 29.8 Å². The summed E-state index contributed by atoms with van der Waals surface area (Å²) in [6.07, 6.45) is 0.272. The first kappa shape index (κ1) is 37.2. The summed E-state index contributed by atoms with van der Waals surface area (Å²) in [5.41, 5.74) is -6.12. The zero-order chi connectivity index (χ0) is 34.6. The predicted molar refractivity (Wildman–Crippen MR) is 164 cm³/mol. The molecule has 0 amide bonds. The van der Waals surface area contributed by atoms with Crippen LogP contribution in [0.4, 0.5) is 0 Å². The summed E-state index contributed by atoms with van der Waals surface area (Å²) < 4.78 is 29.3. The standard InChI is InChI=1S/C34H50O12/c1-9-12-13-14-15-17-24(37)43-28-26-25(20(5)27(28)44-30(38)19(4)11-3)29-34(41,33(8,40)31(39)45-29)22(42-23(36)16-10-2)18-32(26,7)46-21(6)35/h11,22,26-29,40-41H,9-10,12-18H2,1-8H3/b19-11-/t22-,26+,27-,28-,29-,32-,33+,34+/m1/s1. The Bertz CT molecular complexity index is 1260. The van der Waals surface area contributed by atoms with Gasteiger partial charge in [-0.3, -0.25) is 14.4 Å². The van der Waals surface area contributed by atoms with Crippen LogP contribution in [0.5, 0.6) is 0 Å². The third kappa shape index (κ3) is 7.02. The molecule has 8 atom stereocenters. The van der Waals surface area contributed by atoms with Gasteiger partial charge in [-0.1, -0.05) is 45.6 Å². The second kappa shape index (κ2) is 14.7. The van der Waals surface area contributed by atoms with Gasteiger partial charge in [-0.15, -0.1) is 0 Å². The van der Waals surface area contributed by atoms with Crippen molar-refractivity contribution < 1.29 is 57.9 Å². The quantitative estimate of drug-likeness (QED) is 0.0969. The molecule has 258 valence electrons. The van der Waals surface area contributed by atoms with Crippen LogP contribution in [0.3, 0.4) is 0 Å². The Labute approximate surface area is 270 Å². The average Bonchev–Trinajstić information content (AvgIpc) is 3.30. The van der Waals surface area contributed by atoms with Gasteiger partial charge < -0.3 is 33.9 Å². The molecule has 0 spiro atoms. The molecule has 2 N–H and O–H groups in total. The molecule has 12 heteroatoms. The van der Waals surface area contributed by atoms with Gasteiger partial charge in [-0.25, -0.2) is 9.59 Å². The summed E-state index contributed by atoms with van der Waals surface area (Å²) in [6, 6.07) is 0. The zero-order valence-electron chi connectivity index (χ0n) is 28.3. The third-order valence-corrected chi connectivity index (χ3v) is 9.51. The highest BCUT2D eigenvalue weighted by molar-refractivity contribution is 5.88. The van der Waals surface area contributed by atoms with Gasteiger partial charge >= 0.3 is 29.8 Å². The van der Waals surface area contributed by atoms with Crippen molar-refractivity contribution in [3.8, 4) is 0 Å². The maximum Gasteiger partial charge on any atom is 0.341 e. The number of carbonyl (C=O) groups is 5. The Morgan fingerprint density at radius 3 is 2.15 bits per heavy atom. The van der Waals surface area contributed by atoms with E-state index in [1.165, 1.54) is 13.8 Å². The SMILES string of the molecule is C/C=C(/C)C(=O)O[C@@H]1C(C)=C2[C@H]3OC(=O)[C@](C)(O)[C@]3(O)[C@H](OC(=O)CCC)C[C@@](C)(OC(C)=O)[C@@H]2[C@H]1OC(=O)CCCCCCC. The summed E-state index contributed by atoms with van der Waals surface area (Å²) in [7, 11) is 0. The minimum absolute atomic E-state index is 0.0234. The molecule has 0 bridgehead atoms. The average molecular weight is 651 g/mol. The lowest BCUT2D eigenvalue weighted by Crippen LogP contribution is -2.64. The number of hydrogen-bond acceptors (Lipinski definition) is 12. The van der Waals surface area contributed by atoms with E-state index in [4.69, 9.17) is 23.7 Å². The maximum absolute atomic E-state index is 13.3. The summed E-state index contributed by atoms with van der Waals surface area (Å²) >= 11 is 0. The Morgan fingerprint density at radius 1 is 0.935 bits per heavy atom. The Morgan fingerprint density at radius 2 is 1.57 bits per heavy atom. The highest BCUT2D eigenvalue weighted by Gasteiger charge is 2.76. The molecule has 0 aromatic heterocycles. The molecule has 2 fully saturated rings. The van der Waals surface area contributed by atoms with E-state index in [2.05, 4.69) is 6.92 Å². The van der Waals surface area contributed by atoms with Crippen LogP contribution in [0.2, 0.25) is 0 Å². The minimum atomic E-state index is -2.57. The van der Waals surface area contributed by atoms with Gasteiger partial charge in [0, 0.05) is 31.8 Å². The van der Waals surface area contributed by atoms with E-state index in [9.17, 15) is 34.2 Å². The number of carbonyl (C=O) groups excluding carboxylic acids is 5. The molecule has 0 aromatic rings. The van der Waals surface area contributed by atoms with E-state index < -0.39 is 83.4 Å². The third-order valence-electron chi connectivity index (χ3n) is 9.51. The highest BCUT2D eigenvalue weighted by atomic mass is 16.6. The lowest BCUT2D eigenvalue weighted by molar-refractivity contribution is -0.212. The summed E-state index contributed by atoms with van der Waals surface area (Å²) in [6.45, 7) is 12.4. The van der Waals surface area contributed by atoms with Gasteiger partial charge in [0.2, 0.25) is 0 Å². The molecular formula is C34H50O12. The highest BCUT2D eigenvalue weighted by Crippen LogP contribution is 2.57. The van der Waals surface area contributed by atoms with Crippen LogP contribution in [0.1, 0.15) is 113 Å². The van der Waals surface area contributed by atoms with Crippen LogP contribution < -0.4 is 0 Å². The van der Waals surface area contributed by atoms with E-state index in [0.717, 1.165) is 32.6 Å². The molecule has 1 saturated carbocycles. The van der Waals surface area contributed by atoms with Gasteiger partial charge in [0.15, 0.2) is 29.5 Å². The first-order valence-corrected chi connectivity index (χ1v) is 16.3. The Balaban J connectivity index is 2.23. The molecular weight excluding hydrogens is 600 g/mol. The van der Waals surface area contributed by atoms with Gasteiger partial charge in [-0.2, -0.15) is 0 Å². The molecule has 0 aromatic carbocycles. The summed E-state index contributed by atoms with van der Waals surface area (Å²) in [4.78, 5) is 65.1. The predicted octanol–water partition coefficient (Wildman–Crippen LogP) is 3.93. The molecule has 3 aliphatic rings. The van der Waals surface area contributed by atoms with Crippen LogP contribution in [-0.2, 0) is 47.7 Å². The summed E-state index contributed by atoms with van der Waals surface area (Å²) in [5, 5.41) is 23.9. The fraction of sp³-hybridized carbons (Fsp3) is 0.735. The first-order valence-electron chi connectivity index (χ1n) is 16.3. The van der Waals surface area contributed by atoms with Crippen molar-refractivity contribution in [2.45, 2.75) is 154 Å². The molecule has 1 aliphatic heterocycles. The zero-order valence-corrected chi connectivity index (χ0v) is 28.3. The first-order chi connectivity index (χ1) is 21.5. The lowest BCUT2D eigenvalue weighted by atomic mass is 9.75. The molecule has 1 saturated heterocycles. The van der Waals surface area contributed by atoms with E-state index >= 15 is 0 Å². The van der Waals surface area contributed by atoms with Crippen molar-refractivity contribution in [1.29, 1.82) is 0 Å². The second-order valence-electron chi connectivity index (χ2n) is 13.1. The van der Waals surface area contributed by atoms with Gasteiger partial charge in [0.25, 0.3) is 0 Å². The minimum Gasteiger partial charge on any atom is -0.459 e. The van der Waals surface area contributed by atoms with Crippen LogP contribution >= 0.6 is 0 Å². The Hall–Kier alpha value is -3.25. The molecule has 1 heterocycles. The van der Waals surface area contributed by atoms with Crippen LogP contribution in [0, 0.1) is 5.92 Å². The molecule has 0 radical (unpaired) electrons. The van der Waals surface area contributed by atoms with E-state index in [1.54, 1.807) is 33.8 Å². The topological polar surface area (TPSA) is 172 Å². The van der Waals surface area contributed by atoms with Crippen molar-refractivity contribution in [3.63, 3.8) is 0 Å². The molecule has 0 unspecified atom stereocenters. The number of unbranched alkanes of at least 4 members (excludes halogenated alkanes) is 4. The van der Waals surface area contributed by atoms with Crippen LogP contribution in [-0.4, -0.2) is 81.3 Å². The normalized spacial score (nSPS) is 33.8. The molecule has 12 nitrogen and oxygen atoms in total. The number of hydrogen-bond donors (Lipinski definition) is 2. The summed E-state index contributed by atoms with van der Waals surface area (Å²) in [5.74, 6) is -5.03. The van der Waals surface area contributed by atoms with Crippen molar-refractivity contribution in [2.75, 3.05) is 0 Å². The smallest absolute Gasteiger partial charge is 0.341 e. The number of fused-ring (bicyclic) bond motifs is 3. The Kier molecular flexibility index (Phi) is 11.9. The number of aliphatic hydroxyl groups is 2. The molecule has 46 heavy (non-hydrogen) atoms. The van der Waals surface area contributed by atoms with Crippen molar-refractivity contribution in [3.05, 3.63) is 22.8 Å². The van der Waals surface area contributed by atoms with Crippen LogP contribution in [0.25, 0.3) is 0 Å². The number of esters is 5. The lowest BCUT2D eigenvalue weighted by Gasteiger charge is -2.41. The van der Waals surface area contributed by atoms with Gasteiger partial charge in [0.1, 0.15) is 11.7 Å². The van der Waals surface area contributed by atoms with Gasteiger partial charge in [0.05, 0.1) is 5.92 Å². The number of rotatable bonds is 13. The van der Waals surface area contributed by atoms with Crippen LogP contribution in [0.15, 0.2) is 22.8 Å². The van der Waals surface area contributed by atoms with Gasteiger partial charge in [-0.05, 0) is 58.6 Å². The van der Waals surface area contributed by atoms with Crippen molar-refractivity contribution in [1.82, 2.24) is 0 Å². The fourth-order valence-electron chi connectivity index (χ4n) is 6.90. The van der Waals surface area contributed by atoms with E-state index in [-0.39, 0.29) is 29.6 Å². The molecule has 2 aliphatic carbocycles. The number of allylic oxidation sites excluding steroid dienone is 1. The fourth-order valence-corrected chi connectivity index (χ4v) is 6.90. The second-order valence-corrected chi connectivity index (χ2v) is 13.1. The number of ether oxygens (including phenoxy) is 5. The molecule has 3 rings (SSSR count). The van der Waals surface area contributed by atoms with Crippen molar-refractivity contribution in [2.24, 2.45) is 5.92 Å². The maximum atomic E-state index is 13.3. The monoisotopic (exact) mass is 650 g/mol. The van der Waals surface area contributed by atoms with E-state index in [0.29, 0.717) is 12.8 Å².